The molecule has 0 bridgehead atoms. The Morgan fingerprint density at radius 3 is 1.88 bits per heavy atom. The zero-order valence-electron chi connectivity index (χ0n) is 15.2. The van der Waals surface area contributed by atoms with Crippen molar-refractivity contribution in [1.29, 1.82) is 0 Å². The summed E-state index contributed by atoms with van der Waals surface area (Å²) in [7, 11) is 5.84. The van der Waals surface area contributed by atoms with E-state index in [1.807, 2.05) is 0 Å². The van der Waals surface area contributed by atoms with Crippen LogP contribution in [0.2, 0.25) is 0 Å². The molecule has 0 saturated carbocycles. The van der Waals surface area contributed by atoms with E-state index in [-0.39, 0.29) is 28.4 Å². The minimum atomic E-state index is -0.663. The predicted octanol–water partition coefficient (Wildman–Crippen LogP) is 3.14. The summed E-state index contributed by atoms with van der Waals surface area (Å²) in [6.07, 6.45) is 0. The van der Waals surface area contributed by atoms with Crippen LogP contribution in [0.3, 0.4) is 0 Å². The molecule has 0 atom stereocenters. The molecule has 0 aliphatic heterocycles. The van der Waals surface area contributed by atoms with Crippen molar-refractivity contribution in [3.63, 3.8) is 0 Å². The van der Waals surface area contributed by atoms with Crippen molar-refractivity contribution in [2.45, 2.75) is 6.92 Å². The molecule has 2 rings (SSSR count). The van der Waals surface area contributed by atoms with E-state index in [1.165, 1.54) is 53.6 Å². The average Bonchev–Trinajstić information content (AvgIpc) is 2.66. The number of rotatable bonds is 7. The fourth-order valence-corrected chi connectivity index (χ4v) is 2.39. The standard InChI is InChI=1S/C19H20O7/c1-11(20)18-16(25-5)9-13(22-2)10-17(18)26-19(21)12-6-7-14(23-3)15(8-12)24-4/h6-10H,1-5H3. The molecule has 0 heterocycles. The zero-order valence-corrected chi connectivity index (χ0v) is 15.2. The third kappa shape index (κ3) is 3.88. The Kier molecular flexibility index (Phi) is 6.06. The van der Waals surface area contributed by atoms with E-state index >= 15 is 0 Å². The van der Waals surface area contributed by atoms with E-state index in [2.05, 4.69) is 0 Å². The van der Waals surface area contributed by atoms with Gasteiger partial charge in [0.15, 0.2) is 17.3 Å². The molecule has 0 aromatic heterocycles. The summed E-state index contributed by atoms with van der Waals surface area (Å²) in [5, 5.41) is 0. The Hall–Kier alpha value is -3.22. The Morgan fingerprint density at radius 1 is 0.731 bits per heavy atom. The fourth-order valence-electron chi connectivity index (χ4n) is 2.39. The van der Waals surface area contributed by atoms with E-state index in [9.17, 15) is 9.59 Å². The van der Waals surface area contributed by atoms with Gasteiger partial charge in [0.25, 0.3) is 0 Å². The number of ether oxygens (including phenoxy) is 5. The van der Waals surface area contributed by atoms with Gasteiger partial charge in [-0.3, -0.25) is 4.79 Å². The SMILES string of the molecule is COc1cc(OC)c(C(C)=O)c(OC(=O)c2ccc(OC)c(OC)c2)c1. The largest absolute Gasteiger partial charge is 0.496 e. The number of carbonyl (C=O) groups is 2. The number of ketones is 1. The van der Waals surface area contributed by atoms with Gasteiger partial charge < -0.3 is 23.7 Å². The highest BCUT2D eigenvalue weighted by Crippen LogP contribution is 2.35. The van der Waals surface area contributed by atoms with Crippen LogP contribution in [-0.4, -0.2) is 40.2 Å². The molecule has 7 heteroatoms. The van der Waals surface area contributed by atoms with Crippen molar-refractivity contribution in [3.05, 3.63) is 41.5 Å². The summed E-state index contributed by atoms with van der Waals surface area (Å²) in [5.74, 6) is 0.597. The van der Waals surface area contributed by atoms with Gasteiger partial charge in [-0.15, -0.1) is 0 Å². The van der Waals surface area contributed by atoms with Crippen molar-refractivity contribution in [1.82, 2.24) is 0 Å². The maximum Gasteiger partial charge on any atom is 0.343 e. The lowest BCUT2D eigenvalue weighted by Gasteiger charge is -2.14. The molecule has 0 fully saturated rings. The first-order chi connectivity index (χ1) is 12.4. The van der Waals surface area contributed by atoms with E-state index in [0.29, 0.717) is 17.2 Å². The van der Waals surface area contributed by atoms with Crippen LogP contribution in [0.4, 0.5) is 0 Å². The van der Waals surface area contributed by atoms with Gasteiger partial charge in [0.05, 0.1) is 34.0 Å². The van der Waals surface area contributed by atoms with Crippen LogP contribution in [-0.2, 0) is 0 Å². The lowest BCUT2D eigenvalue weighted by atomic mass is 10.1. The lowest BCUT2D eigenvalue weighted by molar-refractivity contribution is 0.0731. The minimum absolute atomic E-state index is 0.0495. The highest BCUT2D eigenvalue weighted by atomic mass is 16.5. The molecule has 0 aliphatic carbocycles. The summed E-state index contributed by atoms with van der Waals surface area (Å²) in [6, 6.07) is 7.62. The van der Waals surface area contributed by atoms with E-state index in [4.69, 9.17) is 23.7 Å². The predicted molar refractivity (Wildman–Crippen MR) is 94.1 cm³/mol. The van der Waals surface area contributed by atoms with Gasteiger partial charge in [-0.25, -0.2) is 4.79 Å². The molecule has 0 amide bonds. The van der Waals surface area contributed by atoms with Crippen LogP contribution >= 0.6 is 0 Å². The number of esters is 1. The molecule has 0 radical (unpaired) electrons. The van der Waals surface area contributed by atoms with Gasteiger partial charge in [-0.2, -0.15) is 0 Å². The zero-order chi connectivity index (χ0) is 19.3. The summed E-state index contributed by atoms with van der Waals surface area (Å²) >= 11 is 0. The molecular weight excluding hydrogens is 340 g/mol. The number of hydrogen-bond acceptors (Lipinski definition) is 7. The molecule has 7 nitrogen and oxygen atoms in total. The first kappa shape index (κ1) is 19.1. The second kappa shape index (κ2) is 8.24. The van der Waals surface area contributed by atoms with Crippen molar-refractivity contribution >= 4 is 11.8 Å². The number of Topliss-reactive ketones (excluding diaryl/α,β-unsaturated/α-hetero) is 1. The van der Waals surface area contributed by atoms with Crippen LogP contribution in [0.15, 0.2) is 30.3 Å². The van der Waals surface area contributed by atoms with Gasteiger partial charge in [-0.05, 0) is 25.1 Å². The van der Waals surface area contributed by atoms with Crippen molar-refractivity contribution in [2.75, 3.05) is 28.4 Å². The Balaban J connectivity index is 2.44. The number of carbonyl (C=O) groups excluding carboxylic acids is 2. The fraction of sp³-hybridized carbons (Fsp3) is 0.263. The monoisotopic (exact) mass is 360 g/mol. The third-order valence-corrected chi connectivity index (χ3v) is 3.67. The van der Waals surface area contributed by atoms with Gasteiger partial charge in [0, 0.05) is 12.1 Å². The van der Waals surface area contributed by atoms with E-state index in [1.54, 1.807) is 12.1 Å². The van der Waals surface area contributed by atoms with Crippen LogP contribution < -0.4 is 23.7 Å². The van der Waals surface area contributed by atoms with Crippen LogP contribution in [0.1, 0.15) is 27.6 Å². The van der Waals surface area contributed by atoms with Crippen LogP contribution in [0.5, 0.6) is 28.7 Å². The number of methoxy groups -OCH3 is 4. The highest BCUT2D eigenvalue weighted by molar-refractivity contribution is 6.01. The molecular formula is C19H20O7. The van der Waals surface area contributed by atoms with Crippen molar-refractivity contribution in [2.24, 2.45) is 0 Å². The molecule has 0 unspecified atom stereocenters. The summed E-state index contributed by atoms with van der Waals surface area (Å²) in [6.45, 7) is 1.36. The van der Waals surface area contributed by atoms with Crippen LogP contribution in [0.25, 0.3) is 0 Å². The topological polar surface area (TPSA) is 80.3 Å². The average molecular weight is 360 g/mol. The molecule has 26 heavy (non-hydrogen) atoms. The lowest BCUT2D eigenvalue weighted by Crippen LogP contribution is -2.12. The van der Waals surface area contributed by atoms with Crippen LogP contribution in [0, 0.1) is 0 Å². The molecule has 2 aromatic rings. The van der Waals surface area contributed by atoms with Gasteiger partial charge in [-0.1, -0.05) is 0 Å². The Morgan fingerprint density at radius 2 is 1.35 bits per heavy atom. The molecule has 0 saturated heterocycles. The van der Waals surface area contributed by atoms with E-state index < -0.39 is 5.97 Å². The Bertz CT molecular complexity index is 827. The molecule has 0 aliphatic rings. The van der Waals surface area contributed by atoms with Gasteiger partial charge in [0.1, 0.15) is 22.8 Å². The molecule has 0 N–H and O–H groups in total. The highest BCUT2D eigenvalue weighted by Gasteiger charge is 2.21. The molecule has 0 spiro atoms. The summed E-state index contributed by atoms with van der Waals surface area (Å²) in [5.41, 5.74) is 0.390. The summed E-state index contributed by atoms with van der Waals surface area (Å²) < 4.78 is 26.1. The number of benzene rings is 2. The second-order valence-electron chi connectivity index (χ2n) is 5.22. The second-order valence-corrected chi connectivity index (χ2v) is 5.22. The van der Waals surface area contributed by atoms with Crippen molar-refractivity contribution < 1.29 is 33.3 Å². The smallest absolute Gasteiger partial charge is 0.343 e. The molecule has 138 valence electrons. The van der Waals surface area contributed by atoms with E-state index in [0.717, 1.165) is 0 Å². The van der Waals surface area contributed by atoms with Crippen molar-refractivity contribution in [3.8, 4) is 28.7 Å². The minimum Gasteiger partial charge on any atom is -0.496 e. The normalized spacial score (nSPS) is 10.0. The third-order valence-electron chi connectivity index (χ3n) is 3.67. The number of hydrogen-bond donors (Lipinski definition) is 0. The Labute approximate surface area is 151 Å². The quantitative estimate of drug-likeness (QED) is 0.426. The maximum absolute atomic E-state index is 12.5. The van der Waals surface area contributed by atoms with Gasteiger partial charge in [0.2, 0.25) is 0 Å². The van der Waals surface area contributed by atoms with Gasteiger partial charge >= 0.3 is 5.97 Å². The first-order valence-corrected chi connectivity index (χ1v) is 7.66. The maximum atomic E-state index is 12.5. The summed E-state index contributed by atoms with van der Waals surface area (Å²) in [4.78, 5) is 24.5. The first-order valence-electron chi connectivity index (χ1n) is 7.66. The molecule has 2 aromatic carbocycles.